The number of hydrogen-bond acceptors (Lipinski definition) is 3. The second-order valence-corrected chi connectivity index (χ2v) is 4.10. The fourth-order valence-electron chi connectivity index (χ4n) is 1.71. The number of nitrogens with zero attached hydrogens (tertiary/aromatic N) is 2. The van der Waals surface area contributed by atoms with Crippen LogP contribution in [0.2, 0.25) is 0 Å². The van der Waals surface area contributed by atoms with E-state index in [4.69, 9.17) is 0 Å². The van der Waals surface area contributed by atoms with E-state index >= 15 is 0 Å². The van der Waals surface area contributed by atoms with E-state index in [1.807, 2.05) is 6.92 Å². The zero-order valence-corrected chi connectivity index (χ0v) is 8.82. The van der Waals surface area contributed by atoms with Gasteiger partial charge in [-0.15, -0.1) is 0 Å². The molecule has 0 bridgehead atoms. The first-order valence-corrected chi connectivity index (χ1v) is 4.74. The molecule has 1 N–H and O–H groups in total. The molecule has 0 aromatic rings. The summed E-state index contributed by atoms with van der Waals surface area (Å²) in [4.78, 5) is 4.45. The van der Waals surface area contributed by atoms with E-state index in [1.54, 1.807) is 0 Å². The van der Waals surface area contributed by atoms with Crippen molar-refractivity contribution in [3.8, 4) is 0 Å². The Labute approximate surface area is 80.6 Å². The quantitative estimate of drug-likeness (QED) is 0.620. The van der Waals surface area contributed by atoms with Crippen LogP contribution in [0, 0.1) is 0 Å². The molecule has 1 aliphatic rings. The van der Waals surface area contributed by atoms with Gasteiger partial charge in [0.15, 0.2) is 0 Å². The molecule has 2 atom stereocenters. The molecule has 2 unspecified atom stereocenters. The maximum atomic E-state index is 9.87. The predicted molar refractivity (Wildman–Crippen MR) is 54.7 cm³/mol. The molecule has 3 nitrogen and oxygen atoms in total. The maximum absolute atomic E-state index is 9.87. The lowest BCUT2D eigenvalue weighted by atomic mass is 10.0. The molecule has 0 saturated carbocycles. The molecular formula is C10H20N2O. The number of piperazine rings is 1. The van der Waals surface area contributed by atoms with E-state index in [-0.39, 0.29) is 6.04 Å². The van der Waals surface area contributed by atoms with E-state index in [0.717, 1.165) is 25.2 Å². The van der Waals surface area contributed by atoms with Crippen LogP contribution in [0.5, 0.6) is 0 Å². The van der Waals surface area contributed by atoms with E-state index in [9.17, 15) is 5.11 Å². The van der Waals surface area contributed by atoms with Crippen molar-refractivity contribution in [3.05, 3.63) is 12.2 Å². The molecule has 0 radical (unpaired) electrons. The largest absolute Gasteiger partial charge is 0.387 e. The summed E-state index contributed by atoms with van der Waals surface area (Å²) in [7, 11) is 4.15. The van der Waals surface area contributed by atoms with Crippen LogP contribution in [0.15, 0.2) is 12.2 Å². The van der Waals surface area contributed by atoms with Crippen molar-refractivity contribution in [1.29, 1.82) is 0 Å². The average molecular weight is 184 g/mol. The maximum Gasteiger partial charge on any atom is 0.0912 e. The zero-order valence-electron chi connectivity index (χ0n) is 8.82. The first kappa shape index (κ1) is 10.7. The Bertz CT molecular complexity index is 193. The van der Waals surface area contributed by atoms with E-state index in [0.29, 0.717) is 0 Å². The molecule has 3 heteroatoms. The van der Waals surface area contributed by atoms with Crippen LogP contribution in [0.4, 0.5) is 0 Å². The van der Waals surface area contributed by atoms with Gasteiger partial charge in [-0.2, -0.15) is 0 Å². The molecule has 1 aliphatic heterocycles. The number of likely N-dealkylation sites (N-methyl/N-ethyl adjacent to an activating group) is 2. The Morgan fingerprint density at radius 2 is 2.08 bits per heavy atom. The molecule has 1 heterocycles. The van der Waals surface area contributed by atoms with Crippen molar-refractivity contribution < 1.29 is 5.11 Å². The topological polar surface area (TPSA) is 26.7 Å². The number of aliphatic hydroxyl groups is 1. The minimum Gasteiger partial charge on any atom is -0.387 e. The summed E-state index contributed by atoms with van der Waals surface area (Å²) < 4.78 is 0. The lowest BCUT2D eigenvalue weighted by Crippen LogP contribution is -2.55. The lowest BCUT2D eigenvalue weighted by molar-refractivity contribution is 0.0326. The van der Waals surface area contributed by atoms with Gasteiger partial charge in [0.2, 0.25) is 0 Å². The molecule has 13 heavy (non-hydrogen) atoms. The minimum absolute atomic E-state index is 0.205. The Morgan fingerprint density at radius 3 is 2.62 bits per heavy atom. The molecule has 0 aromatic heterocycles. The zero-order chi connectivity index (χ0) is 10.0. The monoisotopic (exact) mass is 184 g/mol. The first-order valence-electron chi connectivity index (χ1n) is 4.74. The second kappa shape index (κ2) is 4.22. The van der Waals surface area contributed by atoms with Gasteiger partial charge in [0.25, 0.3) is 0 Å². The molecule has 0 aliphatic carbocycles. The molecular weight excluding hydrogens is 164 g/mol. The van der Waals surface area contributed by atoms with Gasteiger partial charge in [-0.05, 0) is 21.0 Å². The van der Waals surface area contributed by atoms with E-state index in [2.05, 4.69) is 30.5 Å². The predicted octanol–water partition coefficient (Wildman–Crippen LogP) is 0.169. The normalized spacial score (nSPS) is 28.8. The van der Waals surface area contributed by atoms with Gasteiger partial charge in [0.1, 0.15) is 0 Å². The highest BCUT2D eigenvalue weighted by atomic mass is 16.3. The summed E-state index contributed by atoms with van der Waals surface area (Å²) in [5.41, 5.74) is 0.854. The summed E-state index contributed by atoms with van der Waals surface area (Å²) in [6.07, 6.45) is -0.396. The molecule has 76 valence electrons. The second-order valence-electron chi connectivity index (χ2n) is 4.10. The average Bonchev–Trinajstić information content (AvgIpc) is 2.08. The van der Waals surface area contributed by atoms with Crippen molar-refractivity contribution in [3.63, 3.8) is 0 Å². The molecule has 0 amide bonds. The Morgan fingerprint density at radius 1 is 1.46 bits per heavy atom. The van der Waals surface area contributed by atoms with Gasteiger partial charge >= 0.3 is 0 Å². The third kappa shape index (κ3) is 2.53. The molecule has 0 spiro atoms. The highest BCUT2D eigenvalue weighted by Crippen LogP contribution is 2.14. The summed E-state index contributed by atoms with van der Waals surface area (Å²) in [6, 6.07) is 0.205. The van der Waals surface area contributed by atoms with Crippen molar-refractivity contribution >= 4 is 0 Å². The minimum atomic E-state index is -0.396. The summed E-state index contributed by atoms with van der Waals surface area (Å²) >= 11 is 0. The number of hydrogen-bond donors (Lipinski definition) is 1. The first-order chi connectivity index (χ1) is 6.02. The smallest absolute Gasteiger partial charge is 0.0912 e. The van der Waals surface area contributed by atoms with Gasteiger partial charge in [0, 0.05) is 19.6 Å². The van der Waals surface area contributed by atoms with Crippen LogP contribution < -0.4 is 0 Å². The van der Waals surface area contributed by atoms with Gasteiger partial charge in [0.05, 0.1) is 12.1 Å². The number of aliphatic hydroxyl groups excluding tert-OH is 1. The summed E-state index contributed by atoms with van der Waals surface area (Å²) in [6.45, 7) is 8.70. The summed E-state index contributed by atoms with van der Waals surface area (Å²) in [5.74, 6) is 0. The van der Waals surface area contributed by atoms with Crippen LogP contribution in [-0.4, -0.2) is 60.8 Å². The van der Waals surface area contributed by atoms with Crippen molar-refractivity contribution in [2.75, 3.05) is 33.7 Å². The number of rotatable bonds is 2. The van der Waals surface area contributed by atoms with Crippen LogP contribution in [0.1, 0.15) is 6.92 Å². The fraction of sp³-hybridized carbons (Fsp3) is 0.800. The third-order valence-electron chi connectivity index (χ3n) is 2.77. The third-order valence-corrected chi connectivity index (χ3v) is 2.77. The van der Waals surface area contributed by atoms with Gasteiger partial charge in [-0.1, -0.05) is 12.2 Å². The van der Waals surface area contributed by atoms with Gasteiger partial charge < -0.3 is 10.0 Å². The Balaban J connectivity index is 2.60. The van der Waals surface area contributed by atoms with E-state index < -0.39 is 6.10 Å². The highest BCUT2D eigenvalue weighted by molar-refractivity contribution is 5.04. The Kier molecular flexibility index (Phi) is 3.47. The van der Waals surface area contributed by atoms with Crippen LogP contribution in [-0.2, 0) is 0 Å². The van der Waals surface area contributed by atoms with Crippen molar-refractivity contribution in [1.82, 2.24) is 9.80 Å². The van der Waals surface area contributed by atoms with Crippen molar-refractivity contribution in [2.24, 2.45) is 0 Å². The van der Waals surface area contributed by atoms with Crippen LogP contribution >= 0.6 is 0 Å². The fourth-order valence-corrected chi connectivity index (χ4v) is 1.71. The van der Waals surface area contributed by atoms with Gasteiger partial charge in [-0.25, -0.2) is 0 Å². The SMILES string of the molecule is C=C(C)C(O)C1CN(C)CCN1C. The van der Waals surface area contributed by atoms with Crippen LogP contribution in [0.3, 0.4) is 0 Å². The molecule has 0 aromatic carbocycles. The standard InChI is InChI=1S/C10H20N2O/c1-8(2)10(13)9-7-11(3)5-6-12(9)4/h9-10,13H,1,5-7H2,2-4H3. The van der Waals surface area contributed by atoms with Crippen molar-refractivity contribution in [2.45, 2.75) is 19.1 Å². The molecule has 1 fully saturated rings. The Hall–Kier alpha value is -0.380. The molecule has 1 saturated heterocycles. The molecule has 1 rings (SSSR count). The highest BCUT2D eigenvalue weighted by Gasteiger charge is 2.28. The summed E-state index contributed by atoms with van der Waals surface area (Å²) in [5, 5.41) is 9.87. The lowest BCUT2D eigenvalue weighted by Gasteiger charge is -2.40. The van der Waals surface area contributed by atoms with Crippen LogP contribution in [0.25, 0.3) is 0 Å². The van der Waals surface area contributed by atoms with Gasteiger partial charge in [-0.3, -0.25) is 4.90 Å². The van der Waals surface area contributed by atoms with E-state index in [1.165, 1.54) is 0 Å².